The summed E-state index contributed by atoms with van der Waals surface area (Å²) in [5.41, 5.74) is 0.295. The van der Waals surface area contributed by atoms with Crippen molar-refractivity contribution in [2.75, 3.05) is 0 Å². The Bertz CT molecular complexity index is 1090. The van der Waals surface area contributed by atoms with Crippen LogP contribution >= 0.6 is 23.4 Å². The molecule has 0 saturated heterocycles. The molecule has 0 saturated carbocycles. The minimum atomic E-state index is -0.610. The monoisotopic (exact) mass is 389 g/mol. The van der Waals surface area contributed by atoms with Crippen molar-refractivity contribution in [2.24, 2.45) is 0 Å². The van der Waals surface area contributed by atoms with Gasteiger partial charge in [-0.1, -0.05) is 29.4 Å². The van der Waals surface area contributed by atoms with Gasteiger partial charge < -0.3 is 4.42 Å². The number of hydrogen-bond donors (Lipinski definition) is 0. The van der Waals surface area contributed by atoms with Gasteiger partial charge >= 0.3 is 5.88 Å². The molecule has 0 unspecified atom stereocenters. The molecule has 0 aliphatic carbocycles. The lowest BCUT2D eigenvalue weighted by Gasteiger charge is -2.09. The Balaban J connectivity index is 1.95. The second-order valence-electron chi connectivity index (χ2n) is 5.11. The van der Waals surface area contributed by atoms with E-state index >= 15 is 0 Å². The Morgan fingerprint density at radius 3 is 2.88 bits per heavy atom. The van der Waals surface area contributed by atoms with Gasteiger partial charge in [-0.3, -0.25) is 19.5 Å². The summed E-state index contributed by atoms with van der Waals surface area (Å²) in [6, 6.07) is 7.66. The highest BCUT2D eigenvalue weighted by atomic mass is 35.5. The van der Waals surface area contributed by atoms with Crippen molar-refractivity contribution in [3.63, 3.8) is 0 Å². The van der Waals surface area contributed by atoms with Crippen LogP contribution in [0.1, 0.15) is 5.76 Å². The predicted octanol–water partition coefficient (Wildman–Crippen LogP) is 4.50. The number of rotatable bonds is 6. The molecule has 3 rings (SSSR count). The Kier molecular flexibility index (Phi) is 5.24. The van der Waals surface area contributed by atoms with Crippen LogP contribution in [-0.4, -0.2) is 14.5 Å². The van der Waals surface area contributed by atoms with Crippen molar-refractivity contribution in [2.45, 2.75) is 11.7 Å². The average molecular weight is 390 g/mol. The summed E-state index contributed by atoms with van der Waals surface area (Å²) in [4.78, 5) is 27.2. The Hall–Kier alpha value is -2.84. The van der Waals surface area contributed by atoms with Crippen LogP contribution in [0, 0.1) is 10.1 Å². The van der Waals surface area contributed by atoms with Crippen LogP contribution in [0.4, 0.5) is 5.88 Å². The molecule has 1 aromatic carbocycles. The van der Waals surface area contributed by atoms with Gasteiger partial charge in [-0.15, -0.1) is 6.58 Å². The molecule has 0 bridgehead atoms. The number of nitro groups is 1. The first-order valence-corrected chi connectivity index (χ1v) is 8.64. The normalized spacial score (nSPS) is 11.3. The summed E-state index contributed by atoms with van der Waals surface area (Å²) < 4.78 is 6.54. The van der Waals surface area contributed by atoms with E-state index in [0.717, 1.165) is 0 Å². The molecule has 9 heteroatoms. The van der Waals surface area contributed by atoms with Gasteiger partial charge in [0.1, 0.15) is 10.7 Å². The predicted molar refractivity (Wildman–Crippen MR) is 101 cm³/mol. The average Bonchev–Trinajstić information content (AvgIpc) is 3.07. The molecule has 0 spiro atoms. The van der Waals surface area contributed by atoms with Gasteiger partial charge in [0, 0.05) is 11.6 Å². The summed E-state index contributed by atoms with van der Waals surface area (Å²) in [7, 11) is 0. The molecule has 0 amide bonds. The largest absolute Gasteiger partial charge is 0.433 e. The zero-order valence-corrected chi connectivity index (χ0v) is 14.9. The van der Waals surface area contributed by atoms with Gasteiger partial charge in [0.05, 0.1) is 17.0 Å². The fraction of sp³-hybridized carbons (Fsp3) is 0.0588. The molecule has 26 heavy (non-hydrogen) atoms. The number of halogens is 1. The lowest BCUT2D eigenvalue weighted by atomic mass is 10.2. The van der Waals surface area contributed by atoms with Gasteiger partial charge in [-0.05, 0) is 35.7 Å². The second kappa shape index (κ2) is 7.59. The van der Waals surface area contributed by atoms with Crippen LogP contribution in [0.3, 0.4) is 0 Å². The minimum Gasteiger partial charge on any atom is -0.401 e. The lowest BCUT2D eigenvalue weighted by Crippen LogP contribution is -2.22. The van der Waals surface area contributed by atoms with Crippen molar-refractivity contribution in [1.29, 1.82) is 0 Å². The van der Waals surface area contributed by atoms with Crippen molar-refractivity contribution in [1.82, 2.24) is 9.55 Å². The van der Waals surface area contributed by atoms with Gasteiger partial charge in [-0.25, -0.2) is 4.98 Å². The molecule has 2 aromatic heterocycles. The number of thioether (sulfide) groups is 1. The summed E-state index contributed by atoms with van der Waals surface area (Å²) >= 11 is 7.17. The maximum Gasteiger partial charge on any atom is 0.433 e. The first-order chi connectivity index (χ1) is 12.5. The van der Waals surface area contributed by atoms with E-state index in [4.69, 9.17) is 16.0 Å². The van der Waals surface area contributed by atoms with E-state index in [0.29, 0.717) is 33.4 Å². The fourth-order valence-corrected chi connectivity index (χ4v) is 3.17. The smallest absolute Gasteiger partial charge is 0.401 e. The number of benzene rings is 1. The maximum absolute atomic E-state index is 12.7. The number of furan rings is 1. The van der Waals surface area contributed by atoms with Gasteiger partial charge in [0.25, 0.3) is 5.56 Å². The van der Waals surface area contributed by atoms with E-state index in [1.165, 1.54) is 28.5 Å². The zero-order chi connectivity index (χ0) is 18.7. The number of hydrogen-bond acceptors (Lipinski definition) is 6. The molecule has 132 valence electrons. The van der Waals surface area contributed by atoms with Crippen molar-refractivity contribution < 1.29 is 9.34 Å². The van der Waals surface area contributed by atoms with E-state index in [1.54, 1.807) is 35.8 Å². The summed E-state index contributed by atoms with van der Waals surface area (Å²) in [5, 5.41) is 13.7. The van der Waals surface area contributed by atoms with Crippen molar-refractivity contribution in [3.8, 4) is 0 Å². The van der Waals surface area contributed by atoms with E-state index in [9.17, 15) is 14.9 Å². The number of allylic oxidation sites excluding steroid dienone is 1. The van der Waals surface area contributed by atoms with Crippen LogP contribution < -0.4 is 5.56 Å². The molecule has 2 heterocycles. The number of nitrogens with zero attached hydrogens (tertiary/aromatic N) is 3. The standard InChI is InChI=1S/C17H12ClN3O4S/c1-2-8-20-16(22)13-5-3-11(18)10-14(13)19-17(20)26-9-7-12-4-6-15(25-12)21(23)24/h2-7,9-10H,1,8H2/b9-7+. The minimum absolute atomic E-state index is 0.198. The highest BCUT2D eigenvalue weighted by Crippen LogP contribution is 2.23. The topological polar surface area (TPSA) is 91.2 Å². The summed E-state index contributed by atoms with van der Waals surface area (Å²) in [5.74, 6) is -0.0117. The summed E-state index contributed by atoms with van der Waals surface area (Å²) in [6.45, 7) is 3.96. The third kappa shape index (κ3) is 3.71. The molecular formula is C17H12ClN3O4S. The fourth-order valence-electron chi connectivity index (χ4n) is 2.25. The van der Waals surface area contributed by atoms with Crippen LogP contribution in [-0.2, 0) is 6.54 Å². The van der Waals surface area contributed by atoms with Gasteiger partial charge in [0.15, 0.2) is 5.16 Å². The highest BCUT2D eigenvalue weighted by molar-refractivity contribution is 8.02. The van der Waals surface area contributed by atoms with Crippen LogP contribution in [0.15, 0.2) is 62.8 Å². The van der Waals surface area contributed by atoms with Gasteiger partial charge in [-0.2, -0.15) is 0 Å². The quantitative estimate of drug-likeness (QED) is 0.203. The van der Waals surface area contributed by atoms with E-state index in [-0.39, 0.29) is 11.4 Å². The first-order valence-electron chi connectivity index (χ1n) is 7.38. The molecule has 0 aliphatic rings. The van der Waals surface area contributed by atoms with E-state index in [2.05, 4.69) is 11.6 Å². The van der Waals surface area contributed by atoms with Crippen LogP contribution in [0.5, 0.6) is 0 Å². The Morgan fingerprint density at radius 2 is 2.19 bits per heavy atom. The first kappa shape index (κ1) is 18.0. The number of aromatic nitrogens is 2. The second-order valence-corrected chi connectivity index (χ2v) is 6.42. The molecule has 7 nitrogen and oxygen atoms in total. The van der Waals surface area contributed by atoms with Gasteiger partial charge in [0.2, 0.25) is 0 Å². The molecule has 0 radical (unpaired) electrons. The third-order valence-corrected chi connectivity index (χ3v) is 4.42. The van der Waals surface area contributed by atoms with Crippen molar-refractivity contribution in [3.05, 3.63) is 79.6 Å². The van der Waals surface area contributed by atoms with Crippen LogP contribution in [0.2, 0.25) is 5.02 Å². The lowest BCUT2D eigenvalue weighted by molar-refractivity contribution is -0.402. The highest BCUT2D eigenvalue weighted by Gasteiger charge is 2.12. The Morgan fingerprint density at radius 1 is 1.38 bits per heavy atom. The van der Waals surface area contributed by atoms with E-state index in [1.807, 2.05) is 0 Å². The van der Waals surface area contributed by atoms with E-state index < -0.39 is 4.92 Å². The molecule has 0 atom stereocenters. The molecule has 3 aromatic rings. The molecule has 0 N–H and O–H groups in total. The summed E-state index contributed by atoms with van der Waals surface area (Å²) in [6.07, 6.45) is 3.17. The maximum atomic E-state index is 12.7. The Labute approximate surface area is 156 Å². The molecular weight excluding hydrogens is 378 g/mol. The molecule has 0 fully saturated rings. The van der Waals surface area contributed by atoms with Crippen molar-refractivity contribution >= 4 is 46.2 Å². The zero-order valence-electron chi connectivity index (χ0n) is 13.3. The van der Waals surface area contributed by atoms with Crippen LogP contribution in [0.25, 0.3) is 17.0 Å². The third-order valence-electron chi connectivity index (χ3n) is 3.39. The SMILES string of the molecule is C=CCn1c(S/C=C/c2ccc([N+](=O)[O-])o2)nc2cc(Cl)ccc2c1=O. The molecule has 0 aliphatic heterocycles. The number of fused-ring (bicyclic) bond motifs is 1.